The monoisotopic (exact) mass is 322 g/mol. The lowest BCUT2D eigenvalue weighted by atomic mass is 10.2. The number of carbonyl (C=O) groups excluding carboxylic acids is 1. The molecule has 0 atom stereocenters. The van der Waals surface area contributed by atoms with Crippen molar-refractivity contribution in [3.8, 4) is 11.5 Å². The van der Waals surface area contributed by atoms with Crippen molar-refractivity contribution in [3.63, 3.8) is 0 Å². The summed E-state index contributed by atoms with van der Waals surface area (Å²) in [7, 11) is 0. The Morgan fingerprint density at radius 1 is 1.29 bits per heavy atom. The Balaban J connectivity index is 1.57. The minimum Gasteiger partial charge on any atom is -0.456 e. The van der Waals surface area contributed by atoms with E-state index in [-0.39, 0.29) is 11.8 Å². The molecule has 4 rings (SSSR count). The molecule has 3 aromatic rings. The molecular formula is C18H18N4O2. The van der Waals surface area contributed by atoms with Gasteiger partial charge in [0.2, 0.25) is 5.91 Å². The van der Waals surface area contributed by atoms with Crippen molar-refractivity contribution in [3.05, 3.63) is 48.3 Å². The Kier molecular flexibility index (Phi) is 3.37. The highest BCUT2D eigenvalue weighted by molar-refractivity contribution is 5.93. The molecule has 0 bridgehead atoms. The van der Waals surface area contributed by atoms with Crippen LogP contribution in [0.4, 0.5) is 11.5 Å². The van der Waals surface area contributed by atoms with Crippen LogP contribution in [-0.2, 0) is 4.79 Å². The number of hydrogen-bond acceptors (Lipinski definition) is 4. The lowest BCUT2D eigenvalue weighted by molar-refractivity contribution is -0.117. The normalized spacial score (nSPS) is 13.9. The van der Waals surface area contributed by atoms with Crippen LogP contribution in [0.3, 0.4) is 0 Å². The number of nitrogen functional groups attached to an aromatic ring is 1. The van der Waals surface area contributed by atoms with E-state index in [0.717, 1.165) is 29.8 Å². The number of hydrogen-bond donors (Lipinski definition) is 2. The van der Waals surface area contributed by atoms with E-state index in [0.29, 0.717) is 17.3 Å². The fourth-order valence-electron chi connectivity index (χ4n) is 2.58. The van der Waals surface area contributed by atoms with Gasteiger partial charge in [0.1, 0.15) is 17.1 Å². The summed E-state index contributed by atoms with van der Waals surface area (Å²) in [5.41, 5.74) is 8.19. The van der Waals surface area contributed by atoms with Crippen molar-refractivity contribution in [2.24, 2.45) is 5.92 Å². The molecular weight excluding hydrogens is 304 g/mol. The van der Waals surface area contributed by atoms with E-state index in [1.807, 2.05) is 47.9 Å². The van der Waals surface area contributed by atoms with Gasteiger partial charge >= 0.3 is 0 Å². The van der Waals surface area contributed by atoms with Crippen LogP contribution in [0.1, 0.15) is 18.4 Å². The molecule has 1 amide bonds. The number of nitrogens with one attached hydrogen (secondary N) is 1. The standard InChI is InChI=1S/C18H18N4O2/c1-11-8-13(19)4-6-15(11)24-14-5-7-17-20-16(10-22(17)9-14)21-18(23)12-2-3-12/h4-10,12H,2-3,19H2,1H3,(H,21,23). The van der Waals surface area contributed by atoms with Gasteiger partial charge in [0.15, 0.2) is 5.82 Å². The second-order valence-corrected chi connectivity index (χ2v) is 6.15. The SMILES string of the molecule is Cc1cc(N)ccc1Oc1ccc2nc(NC(=O)C3CC3)cn2c1. The van der Waals surface area contributed by atoms with Gasteiger partial charge < -0.3 is 20.2 Å². The Morgan fingerprint density at radius 2 is 2.12 bits per heavy atom. The highest BCUT2D eigenvalue weighted by Crippen LogP contribution is 2.30. The first-order chi connectivity index (χ1) is 11.6. The highest BCUT2D eigenvalue weighted by atomic mass is 16.5. The minimum atomic E-state index is 0.0485. The number of benzene rings is 1. The van der Waals surface area contributed by atoms with Gasteiger partial charge in [0.25, 0.3) is 0 Å². The average molecular weight is 322 g/mol. The van der Waals surface area contributed by atoms with Gasteiger partial charge in [-0.25, -0.2) is 4.98 Å². The van der Waals surface area contributed by atoms with E-state index < -0.39 is 0 Å². The summed E-state index contributed by atoms with van der Waals surface area (Å²) >= 11 is 0. The smallest absolute Gasteiger partial charge is 0.228 e. The summed E-state index contributed by atoms with van der Waals surface area (Å²) in [5.74, 6) is 2.21. The number of anilines is 2. The molecule has 1 aromatic carbocycles. The fourth-order valence-corrected chi connectivity index (χ4v) is 2.58. The van der Waals surface area contributed by atoms with Gasteiger partial charge in [-0.05, 0) is 55.7 Å². The Morgan fingerprint density at radius 3 is 2.88 bits per heavy atom. The average Bonchev–Trinajstić information content (AvgIpc) is 3.31. The van der Waals surface area contributed by atoms with Crippen LogP contribution in [0, 0.1) is 12.8 Å². The molecule has 1 saturated carbocycles. The number of nitrogens with two attached hydrogens (primary N) is 1. The van der Waals surface area contributed by atoms with Crippen molar-refractivity contribution < 1.29 is 9.53 Å². The maximum absolute atomic E-state index is 11.8. The van der Waals surface area contributed by atoms with E-state index >= 15 is 0 Å². The van der Waals surface area contributed by atoms with E-state index in [1.165, 1.54) is 0 Å². The fraction of sp³-hybridized carbons (Fsp3) is 0.222. The number of aryl methyl sites for hydroxylation is 1. The summed E-state index contributed by atoms with van der Waals surface area (Å²) < 4.78 is 7.76. The highest BCUT2D eigenvalue weighted by Gasteiger charge is 2.29. The molecule has 2 heterocycles. The summed E-state index contributed by atoms with van der Waals surface area (Å²) in [6.07, 6.45) is 5.57. The first-order valence-electron chi connectivity index (χ1n) is 7.92. The molecule has 0 spiro atoms. The van der Waals surface area contributed by atoms with Crippen molar-refractivity contribution in [2.45, 2.75) is 19.8 Å². The van der Waals surface area contributed by atoms with Crippen LogP contribution in [0.25, 0.3) is 5.65 Å². The first kappa shape index (κ1) is 14.6. The van der Waals surface area contributed by atoms with Crippen molar-refractivity contribution in [1.82, 2.24) is 9.38 Å². The first-order valence-corrected chi connectivity index (χ1v) is 7.92. The third-order valence-corrected chi connectivity index (χ3v) is 4.05. The topological polar surface area (TPSA) is 81.7 Å². The summed E-state index contributed by atoms with van der Waals surface area (Å²) in [4.78, 5) is 16.2. The maximum atomic E-state index is 11.8. The van der Waals surface area contributed by atoms with Crippen LogP contribution >= 0.6 is 0 Å². The van der Waals surface area contributed by atoms with Gasteiger partial charge in [0, 0.05) is 11.6 Å². The predicted octanol–water partition coefficient (Wildman–Crippen LogP) is 3.37. The number of rotatable bonds is 4. The molecule has 6 nitrogen and oxygen atoms in total. The molecule has 0 aliphatic heterocycles. The molecule has 1 aliphatic rings. The molecule has 0 radical (unpaired) electrons. The van der Waals surface area contributed by atoms with Gasteiger partial charge in [-0.15, -0.1) is 0 Å². The maximum Gasteiger partial charge on any atom is 0.228 e. The van der Waals surface area contributed by atoms with Crippen molar-refractivity contribution >= 4 is 23.1 Å². The zero-order valence-corrected chi connectivity index (χ0v) is 13.3. The van der Waals surface area contributed by atoms with Gasteiger partial charge in [-0.3, -0.25) is 4.79 Å². The summed E-state index contributed by atoms with van der Waals surface area (Å²) in [5, 5.41) is 2.85. The second kappa shape index (κ2) is 5.56. The summed E-state index contributed by atoms with van der Waals surface area (Å²) in [6.45, 7) is 1.95. The molecule has 1 fully saturated rings. The van der Waals surface area contributed by atoms with Crippen LogP contribution in [-0.4, -0.2) is 15.3 Å². The van der Waals surface area contributed by atoms with Crippen LogP contribution in [0.5, 0.6) is 11.5 Å². The van der Waals surface area contributed by atoms with Crippen molar-refractivity contribution in [1.29, 1.82) is 0 Å². The number of amides is 1. The van der Waals surface area contributed by atoms with E-state index in [4.69, 9.17) is 10.5 Å². The molecule has 122 valence electrons. The summed E-state index contributed by atoms with van der Waals surface area (Å²) in [6, 6.07) is 9.24. The van der Waals surface area contributed by atoms with Gasteiger partial charge in [-0.1, -0.05) is 0 Å². The molecule has 6 heteroatoms. The number of fused-ring (bicyclic) bond motifs is 1. The van der Waals surface area contributed by atoms with Crippen LogP contribution in [0.15, 0.2) is 42.7 Å². The predicted molar refractivity (Wildman–Crippen MR) is 92.2 cm³/mol. The quantitative estimate of drug-likeness (QED) is 0.722. The van der Waals surface area contributed by atoms with Gasteiger partial charge in [-0.2, -0.15) is 0 Å². The largest absolute Gasteiger partial charge is 0.456 e. The van der Waals surface area contributed by atoms with Crippen LogP contribution in [0.2, 0.25) is 0 Å². The second-order valence-electron chi connectivity index (χ2n) is 6.15. The molecule has 3 N–H and O–H groups in total. The van der Waals surface area contributed by atoms with Crippen LogP contribution < -0.4 is 15.8 Å². The third kappa shape index (κ3) is 2.90. The number of ether oxygens (including phenoxy) is 1. The minimum absolute atomic E-state index is 0.0485. The lowest BCUT2D eigenvalue weighted by Crippen LogP contribution is -2.13. The number of pyridine rings is 1. The molecule has 2 aromatic heterocycles. The number of carbonyl (C=O) groups is 1. The van der Waals surface area contributed by atoms with Crippen molar-refractivity contribution in [2.75, 3.05) is 11.1 Å². The zero-order valence-electron chi connectivity index (χ0n) is 13.3. The number of aromatic nitrogens is 2. The lowest BCUT2D eigenvalue weighted by Gasteiger charge is -2.09. The third-order valence-electron chi connectivity index (χ3n) is 4.05. The number of imidazole rings is 1. The Labute approximate surface area is 139 Å². The molecule has 1 aliphatic carbocycles. The van der Waals surface area contributed by atoms with E-state index in [9.17, 15) is 4.79 Å². The number of nitrogens with zero attached hydrogens (tertiary/aromatic N) is 2. The molecule has 0 unspecified atom stereocenters. The molecule has 24 heavy (non-hydrogen) atoms. The Hall–Kier alpha value is -3.02. The Bertz CT molecular complexity index is 928. The van der Waals surface area contributed by atoms with E-state index in [1.54, 1.807) is 6.20 Å². The van der Waals surface area contributed by atoms with Gasteiger partial charge in [0.05, 0.1) is 12.4 Å². The van der Waals surface area contributed by atoms with E-state index in [2.05, 4.69) is 10.3 Å². The molecule has 0 saturated heterocycles. The zero-order chi connectivity index (χ0) is 16.7.